The van der Waals surface area contributed by atoms with E-state index in [0.29, 0.717) is 23.2 Å². The number of pyridine rings is 1. The number of piperidine rings is 1. The normalized spacial score (nSPS) is 14.2. The number of aromatic nitrogens is 1. The van der Waals surface area contributed by atoms with Crippen molar-refractivity contribution in [3.8, 4) is 0 Å². The summed E-state index contributed by atoms with van der Waals surface area (Å²) in [6.07, 6.45) is -6.27. The number of amides is 1. The number of carbonyl (C=O) groups excluding carboxylic acids is 1. The van der Waals surface area contributed by atoms with Gasteiger partial charge in [-0.25, -0.2) is 19.0 Å². The van der Waals surface area contributed by atoms with Gasteiger partial charge in [-0.3, -0.25) is 4.79 Å². The maximum atomic E-state index is 13.3. The van der Waals surface area contributed by atoms with E-state index in [4.69, 9.17) is 19.8 Å². The number of anilines is 2. The minimum absolute atomic E-state index is 0.296. The Morgan fingerprint density at radius 2 is 1.52 bits per heavy atom. The second-order valence-electron chi connectivity index (χ2n) is 9.51. The molecule has 1 fully saturated rings. The number of halogens is 7. The maximum absolute atomic E-state index is 13.3. The predicted octanol–water partition coefficient (Wildman–Crippen LogP) is 5.30. The van der Waals surface area contributed by atoms with Crippen molar-refractivity contribution in [2.24, 2.45) is 5.92 Å². The summed E-state index contributed by atoms with van der Waals surface area (Å²) in [5, 5.41) is 17.1. The summed E-state index contributed by atoms with van der Waals surface area (Å²) >= 11 is 0. The zero-order valence-corrected chi connectivity index (χ0v) is 22.8. The van der Waals surface area contributed by atoms with Gasteiger partial charge >= 0.3 is 24.3 Å². The second-order valence-corrected chi connectivity index (χ2v) is 9.51. The number of aliphatic carboxylic acids is 2. The summed E-state index contributed by atoms with van der Waals surface area (Å²) in [7, 11) is 2.06. The van der Waals surface area contributed by atoms with Crippen molar-refractivity contribution in [3.63, 3.8) is 0 Å². The molecule has 1 aliphatic rings. The van der Waals surface area contributed by atoms with Crippen LogP contribution in [-0.2, 0) is 9.59 Å². The highest BCUT2D eigenvalue weighted by Gasteiger charge is 2.38. The zero-order chi connectivity index (χ0) is 32.3. The highest BCUT2D eigenvalue weighted by molar-refractivity contribution is 6.04. The molecule has 0 unspecified atom stereocenters. The van der Waals surface area contributed by atoms with E-state index in [1.165, 1.54) is 18.2 Å². The van der Waals surface area contributed by atoms with Gasteiger partial charge in [-0.05, 0) is 43.0 Å². The molecule has 1 saturated heterocycles. The van der Waals surface area contributed by atoms with E-state index < -0.39 is 30.1 Å². The molecule has 0 radical (unpaired) electrons. The third kappa shape index (κ3) is 13.1. The Bertz CT molecular complexity index is 1160. The monoisotopic (exact) mass is 612 g/mol. The minimum Gasteiger partial charge on any atom is -0.475 e. The van der Waals surface area contributed by atoms with Gasteiger partial charge in [0.25, 0.3) is 5.91 Å². The van der Waals surface area contributed by atoms with E-state index in [1.807, 2.05) is 6.07 Å². The van der Waals surface area contributed by atoms with Gasteiger partial charge in [0.05, 0.1) is 0 Å². The van der Waals surface area contributed by atoms with Gasteiger partial charge in [-0.1, -0.05) is 19.9 Å². The third-order valence-corrected chi connectivity index (χ3v) is 5.66. The fourth-order valence-electron chi connectivity index (χ4n) is 3.71. The van der Waals surface area contributed by atoms with Crippen molar-refractivity contribution in [3.05, 3.63) is 54.0 Å². The second kappa shape index (κ2) is 15.9. The molecule has 0 aliphatic carbocycles. The van der Waals surface area contributed by atoms with Crippen LogP contribution >= 0.6 is 0 Å². The molecule has 1 aromatic heterocycles. The fraction of sp³-hybridized carbons (Fsp3) is 0.462. The number of carboxylic acid groups (broad SMARTS) is 2. The Kier molecular flexibility index (Phi) is 13.6. The van der Waals surface area contributed by atoms with E-state index in [2.05, 4.69) is 41.0 Å². The van der Waals surface area contributed by atoms with Gasteiger partial charge in [0.1, 0.15) is 11.6 Å². The van der Waals surface area contributed by atoms with Crippen LogP contribution in [0.3, 0.4) is 0 Å². The molecular formula is C26H31F7N4O5. The van der Waals surface area contributed by atoms with Crippen LogP contribution in [-0.4, -0.2) is 83.0 Å². The topological polar surface area (TPSA) is 123 Å². The number of alkyl halides is 6. The number of carbonyl (C=O) groups is 3. The Balaban J connectivity index is 0.000000522. The molecule has 3 rings (SSSR count). The number of rotatable bonds is 6. The molecule has 42 heavy (non-hydrogen) atoms. The SMILES string of the molecule is CC(C)CN1CCC(N(C)c2cc(NC(=O)c3cccc(F)c3)ccn2)CC1.O=C(O)C(F)(F)F.O=C(O)C(F)(F)F. The number of carboxylic acids is 2. The third-order valence-electron chi connectivity index (χ3n) is 5.66. The molecule has 1 aromatic carbocycles. The number of nitrogens with one attached hydrogen (secondary N) is 1. The smallest absolute Gasteiger partial charge is 0.475 e. The molecule has 0 saturated carbocycles. The van der Waals surface area contributed by atoms with Crippen LogP contribution in [0.5, 0.6) is 0 Å². The van der Waals surface area contributed by atoms with Crippen LogP contribution in [0.1, 0.15) is 37.0 Å². The average Bonchev–Trinajstić information content (AvgIpc) is 2.88. The lowest BCUT2D eigenvalue weighted by Gasteiger charge is -2.38. The lowest BCUT2D eigenvalue weighted by atomic mass is 10.0. The Labute approximate surface area is 236 Å². The Morgan fingerprint density at radius 1 is 1.00 bits per heavy atom. The first-order valence-corrected chi connectivity index (χ1v) is 12.4. The van der Waals surface area contributed by atoms with Crippen LogP contribution in [0.15, 0.2) is 42.6 Å². The quantitative estimate of drug-likeness (QED) is 0.376. The molecule has 1 amide bonds. The van der Waals surface area contributed by atoms with Crippen molar-refractivity contribution in [2.75, 3.05) is 36.9 Å². The van der Waals surface area contributed by atoms with E-state index in [1.54, 1.807) is 18.3 Å². The molecule has 234 valence electrons. The first-order chi connectivity index (χ1) is 19.3. The van der Waals surface area contributed by atoms with Gasteiger partial charge in [-0.2, -0.15) is 26.3 Å². The first kappa shape index (κ1) is 36.1. The molecule has 0 spiro atoms. The summed E-state index contributed by atoms with van der Waals surface area (Å²) < 4.78 is 76.8. The Hall–Kier alpha value is -3.95. The van der Waals surface area contributed by atoms with Gasteiger partial charge in [0.15, 0.2) is 0 Å². The summed E-state index contributed by atoms with van der Waals surface area (Å²) in [6, 6.07) is 9.73. The van der Waals surface area contributed by atoms with E-state index >= 15 is 0 Å². The van der Waals surface area contributed by atoms with Gasteiger partial charge < -0.3 is 25.3 Å². The fourth-order valence-corrected chi connectivity index (χ4v) is 3.71. The zero-order valence-electron chi connectivity index (χ0n) is 22.8. The number of hydrogen-bond acceptors (Lipinski definition) is 6. The summed E-state index contributed by atoms with van der Waals surface area (Å²) in [4.78, 5) is 39.3. The number of hydrogen-bond donors (Lipinski definition) is 3. The van der Waals surface area contributed by atoms with Crippen LogP contribution < -0.4 is 10.2 Å². The standard InChI is InChI=1S/C22H29FN4O.2C2HF3O2/c1-16(2)15-27-11-8-20(9-12-27)26(3)21-14-19(7-10-24-21)25-22(28)17-5-4-6-18(23)13-17;2*3-2(4,5)1(6)7/h4-7,10,13-14,16,20H,8-9,11-12,15H2,1-3H3,(H,24,25,28);2*(H,6,7). The molecule has 2 heterocycles. The van der Waals surface area contributed by atoms with Crippen LogP contribution in [0, 0.1) is 11.7 Å². The lowest BCUT2D eigenvalue weighted by Crippen LogP contribution is -2.44. The van der Waals surface area contributed by atoms with Crippen molar-refractivity contribution in [1.29, 1.82) is 0 Å². The average molecular weight is 613 g/mol. The highest BCUT2D eigenvalue weighted by Crippen LogP contribution is 2.23. The summed E-state index contributed by atoms with van der Waals surface area (Å²) in [5.74, 6) is -4.75. The van der Waals surface area contributed by atoms with E-state index in [9.17, 15) is 35.5 Å². The van der Waals surface area contributed by atoms with Gasteiger partial charge in [0.2, 0.25) is 0 Å². The molecule has 16 heteroatoms. The van der Waals surface area contributed by atoms with E-state index in [0.717, 1.165) is 38.3 Å². The molecule has 9 nitrogen and oxygen atoms in total. The highest BCUT2D eigenvalue weighted by atomic mass is 19.4. The van der Waals surface area contributed by atoms with E-state index in [-0.39, 0.29) is 5.91 Å². The van der Waals surface area contributed by atoms with Crippen LogP contribution in [0.2, 0.25) is 0 Å². The van der Waals surface area contributed by atoms with Crippen LogP contribution in [0.25, 0.3) is 0 Å². The number of benzene rings is 1. The first-order valence-electron chi connectivity index (χ1n) is 12.4. The minimum atomic E-state index is -5.08. The number of likely N-dealkylation sites (tertiary alicyclic amines) is 1. The summed E-state index contributed by atoms with van der Waals surface area (Å²) in [6.45, 7) is 7.86. The van der Waals surface area contributed by atoms with Gasteiger partial charge in [0, 0.05) is 56.2 Å². The van der Waals surface area contributed by atoms with Crippen molar-refractivity contribution in [2.45, 2.75) is 45.1 Å². The summed E-state index contributed by atoms with van der Waals surface area (Å²) in [5.41, 5.74) is 0.951. The molecule has 1 aliphatic heterocycles. The van der Waals surface area contributed by atoms with Gasteiger partial charge in [-0.15, -0.1) is 0 Å². The molecule has 0 bridgehead atoms. The molecule has 3 N–H and O–H groups in total. The van der Waals surface area contributed by atoms with Crippen molar-refractivity contribution >= 4 is 29.4 Å². The molecule has 0 atom stereocenters. The molecular weight excluding hydrogens is 581 g/mol. The lowest BCUT2D eigenvalue weighted by molar-refractivity contribution is -0.193. The Morgan fingerprint density at radius 3 is 1.98 bits per heavy atom. The van der Waals surface area contributed by atoms with Crippen molar-refractivity contribution in [1.82, 2.24) is 9.88 Å². The van der Waals surface area contributed by atoms with Crippen LogP contribution in [0.4, 0.5) is 42.2 Å². The largest absolute Gasteiger partial charge is 0.490 e. The number of nitrogens with zero attached hydrogens (tertiary/aromatic N) is 3. The molecule has 2 aromatic rings. The maximum Gasteiger partial charge on any atom is 0.490 e. The predicted molar refractivity (Wildman–Crippen MR) is 139 cm³/mol. The van der Waals surface area contributed by atoms with Crippen molar-refractivity contribution < 1.29 is 55.3 Å².